The highest BCUT2D eigenvalue weighted by molar-refractivity contribution is 7.20. The molecule has 4 heterocycles. The molecule has 0 unspecified atom stereocenters. The molecule has 11 heteroatoms. The molecule has 2 fully saturated rings. The lowest BCUT2D eigenvalue weighted by molar-refractivity contribution is -0.126. The number of aryl methyl sites for hydroxylation is 1. The number of fused-ring (bicyclic) bond motifs is 1. The number of aromatic nitrogens is 3. The van der Waals surface area contributed by atoms with Gasteiger partial charge in [0.15, 0.2) is 0 Å². The largest absolute Gasteiger partial charge is 0.450 e. The van der Waals surface area contributed by atoms with Crippen LogP contribution in [-0.2, 0) is 9.53 Å². The van der Waals surface area contributed by atoms with Crippen LogP contribution in [0.25, 0.3) is 4.96 Å². The predicted molar refractivity (Wildman–Crippen MR) is 117 cm³/mol. The number of piperidine rings is 2. The van der Waals surface area contributed by atoms with Crippen LogP contribution in [0.2, 0.25) is 0 Å². The molecule has 2 saturated heterocycles. The Morgan fingerprint density at radius 3 is 2.58 bits per heavy atom. The van der Waals surface area contributed by atoms with Gasteiger partial charge in [-0.05, 0) is 39.5 Å². The van der Waals surface area contributed by atoms with Crippen LogP contribution in [-0.4, -0.2) is 70.3 Å². The van der Waals surface area contributed by atoms with Gasteiger partial charge in [0.1, 0.15) is 0 Å². The van der Waals surface area contributed by atoms with Crippen molar-refractivity contribution in [3.8, 4) is 0 Å². The SMILES string of the molecule is CCOC(=O)N1CCC(NC(=O)C2CCN(c3nn4c(=O)cc(C)nc4s3)CC2)CC1. The third-order valence-corrected chi connectivity index (χ3v) is 6.84. The first-order chi connectivity index (χ1) is 14.9. The minimum Gasteiger partial charge on any atom is -0.450 e. The number of hydrogen-bond donors (Lipinski definition) is 1. The summed E-state index contributed by atoms with van der Waals surface area (Å²) in [6.45, 7) is 6.60. The normalized spacial score (nSPS) is 18.4. The fourth-order valence-corrected chi connectivity index (χ4v) is 5.12. The van der Waals surface area contributed by atoms with Gasteiger partial charge < -0.3 is 19.9 Å². The molecule has 2 aliphatic heterocycles. The van der Waals surface area contributed by atoms with E-state index >= 15 is 0 Å². The number of carbonyl (C=O) groups excluding carboxylic acids is 2. The summed E-state index contributed by atoms with van der Waals surface area (Å²) < 4.78 is 6.38. The van der Waals surface area contributed by atoms with E-state index in [2.05, 4.69) is 20.3 Å². The molecule has 0 spiro atoms. The van der Waals surface area contributed by atoms with Crippen molar-refractivity contribution in [2.24, 2.45) is 5.92 Å². The van der Waals surface area contributed by atoms with E-state index in [1.807, 2.05) is 0 Å². The van der Waals surface area contributed by atoms with Crippen molar-refractivity contribution < 1.29 is 14.3 Å². The van der Waals surface area contributed by atoms with Crippen LogP contribution in [0.5, 0.6) is 0 Å². The monoisotopic (exact) mass is 448 g/mol. The molecule has 2 aromatic rings. The van der Waals surface area contributed by atoms with Gasteiger partial charge in [-0.3, -0.25) is 9.59 Å². The van der Waals surface area contributed by atoms with Gasteiger partial charge in [-0.25, -0.2) is 9.78 Å². The van der Waals surface area contributed by atoms with Gasteiger partial charge in [0.05, 0.1) is 6.61 Å². The standard InChI is InChI=1S/C20H28N6O4S/c1-3-30-20(29)25-10-6-15(7-11-25)22-17(28)14-4-8-24(9-5-14)19-23-26-16(27)12-13(2)21-18(26)31-19/h12,14-15H,3-11H2,1-2H3,(H,22,28). The van der Waals surface area contributed by atoms with Crippen molar-refractivity contribution in [2.45, 2.75) is 45.6 Å². The zero-order valence-electron chi connectivity index (χ0n) is 17.9. The smallest absolute Gasteiger partial charge is 0.409 e. The molecule has 31 heavy (non-hydrogen) atoms. The Hall–Kier alpha value is -2.69. The third kappa shape index (κ3) is 4.81. The van der Waals surface area contributed by atoms with Gasteiger partial charge in [-0.2, -0.15) is 4.52 Å². The molecule has 0 aromatic carbocycles. The van der Waals surface area contributed by atoms with Crippen LogP contribution >= 0.6 is 11.3 Å². The molecule has 0 atom stereocenters. The fourth-order valence-electron chi connectivity index (χ4n) is 4.11. The van der Waals surface area contributed by atoms with Gasteiger partial charge in [-0.1, -0.05) is 11.3 Å². The lowest BCUT2D eigenvalue weighted by Gasteiger charge is -2.34. The van der Waals surface area contributed by atoms with E-state index in [0.717, 1.165) is 30.8 Å². The van der Waals surface area contributed by atoms with Crippen molar-refractivity contribution >= 4 is 33.4 Å². The van der Waals surface area contributed by atoms with Gasteiger partial charge in [0.25, 0.3) is 5.56 Å². The molecule has 2 aromatic heterocycles. The number of carbonyl (C=O) groups is 2. The molecule has 2 aliphatic rings. The molecule has 0 radical (unpaired) electrons. The Kier molecular flexibility index (Phi) is 6.40. The second-order valence-electron chi connectivity index (χ2n) is 8.04. The molecule has 10 nitrogen and oxygen atoms in total. The first-order valence-electron chi connectivity index (χ1n) is 10.8. The van der Waals surface area contributed by atoms with Crippen LogP contribution < -0.4 is 15.8 Å². The highest BCUT2D eigenvalue weighted by Gasteiger charge is 2.30. The summed E-state index contributed by atoms with van der Waals surface area (Å²) in [6, 6.07) is 1.58. The number of nitrogens with zero attached hydrogens (tertiary/aromatic N) is 5. The zero-order chi connectivity index (χ0) is 22.0. The maximum absolute atomic E-state index is 12.7. The number of ether oxygens (including phenoxy) is 1. The molecule has 0 aliphatic carbocycles. The molecule has 4 rings (SSSR count). The lowest BCUT2D eigenvalue weighted by Crippen LogP contribution is -2.49. The Morgan fingerprint density at radius 1 is 1.19 bits per heavy atom. The number of rotatable bonds is 4. The van der Waals surface area contributed by atoms with Crippen molar-refractivity contribution in [3.63, 3.8) is 0 Å². The minimum atomic E-state index is -0.276. The first-order valence-corrected chi connectivity index (χ1v) is 11.6. The molecular weight excluding hydrogens is 420 g/mol. The number of likely N-dealkylation sites (tertiary alicyclic amines) is 1. The summed E-state index contributed by atoms with van der Waals surface area (Å²) in [6.07, 6.45) is 2.70. The average Bonchev–Trinajstić information content (AvgIpc) is 3.19. The summed E-state index contributed by atoms with van der Waals surface area (Å²) >= 11 is 1.40. The number of amides is 2. The van der Waals surface area contributed by atoms with Crippen molar-refractivity contribution in [1.29, 1.82) is 0 Å². The number of anilines is 1. The van der Waals surface area contributed by atoms with Crippen molar-refractivity contribution in [3.05, 3.63) is 22.1 Å². The maximum Gasteiger partial charge on any atom is 0.409 e. The van der Waals surface area contributed by atoms with Gasteiger partial charge in [0.2, 0.25) is 16.0 Å². The van der Waals surface area contributed by atoms with Crippen LogP contribution in [0.3, 0.4) is 0 Å². The Bertz CT molecular complexity index is 1000. The molecule has 1 N–H and O–H groups in total. The molecule has 2 amide bonds. The second kappa shape index (κ2) is 9.21. The summed E-state index contributed by atoms with van der Waals surface area (Å²) in [4.78, 5) is 45.4. The van der Waals surface area contributed by atoms with Gasteiger partial charge >= 0.3 is 6.09 Å². The molecule has 0 saturated carbocycles. The van der Waals surface area contributed by atoms with Crippen molar-refractivity contribution in [1.82, 2.24) is 24.8 Å². The first kappa shape index (κ1) is 21.5. The predicted octanol–water partition coefficient (Wildman–Crippen LogP) is 1.41. The highest BCUT2D eigenvalue weighted by atomic mass is 32.1. The molecular formula is C20H28N6O4S. The zero-order valence-corrected chi connectivity index (χ0v) is 18.7. The number of nitrogens with one attached hydrogen (secondary N) is 1. The highest BCUT2D eigenvalue weighted by Crippen LogP contribution is 2.27. The van der Waals surface area contributed by atoms with Crippen molar-refractivity contribution in [2.75, 3.05) is 37.7 Å². The number of hydrogen-bond acceptors (Lipinski definition) is 8. The average molecular weight is 449 g/mol. The summed E-state index contributed by atoms with van der Waals surface area (Å²) in [5.74, 6) is 0.0591. The summed E-state index contributed by atoms with van der Waals surface area (Å²) in [5, 5.41) is 8.35. The van der Waals surface area contributed by atoms with Gasteiger partial charge in [-0.15, -0.1) is 5.10 Å². The van der Waals surface area contributed by atoms with E-state index in [1.54, 1.807) is 18.7 Å². The fraction of sp³-hybridized carbons (Fsp3) is 0.650. The Balaban J connectivity index is 1.27. The van der Waals surface area contributed by atoms with E-state index in [0.29, 0.717) is 43.4 Å². The Labute approximate surface area is 184 Å². The van der Waals surface area contributed by atoms with Gasteiger partial charge in [0, 0.05) is 49.9 Å². The summed E-state index contributed by atoms with van der Waals surface area (Å²) in [5.41, 5.74) is 0.511. The molecule has 0 bridgehead atoms. The van der Waals surface area contributed by atoms with E-state index in [1.165, 1.54) is 21.9 Å². The van der Waals surface area contributed by atoms with E-state index in [4.69, 9.17) is 4.74 Å². The topological polar surface area (TPSA) is 109 Å². The van der Waals surface area contributed by atoms with Crippen LogP contribution in [0.15, 0.2) is 10.9 Å². The second-order valence-corrected chi connectivity index (χ2v) is 8.98. The van der Waals surface area contributed by atoms with Crippen LogP contribution in [0, 0.1) is 12.8 Å². The van der Waals surface area contributed by atoms with Crippen LogP contribution in [0.1, 0.15) is 38.3 Å². The third-order valence-electron chi connectivity index (χ3n) is 5.87. The van der Waals surface area contributed by atoms with E-state index in [9.17, 15) is 14.4 Å². The Morgan fingerprint density at radius 2 is 1.90 bits per heavy atom. The summed E-state index contributed by atoms with van der Waals surface area (Å²) in [7, 11) is 0. The molecule has 168 valence electrons. The van der Waals surface area contributed by atoms with E-state index < -0.39 is 0 Å². The van der Waals surface area contributed by atoms with E-state index in [-0.39, 0.29) is 29.5 Å². The minimum absolute atomic E-state index is 0.0307. The lowest BCUT2D eigenvalue weighted by atomic mass is 9.95. The van der Waals surface area contributed by atoms with Crippen LogP contribution in [0.4, 0.5) is 9.93 Å². The quantitative estimate of drug-likeness (QED) is 0.753. The maximum atomic E-state index is 12.7.